The van der Waals surface area contributed by atoms with Gasteiger partial charge >= 0.3 is 0 Å². The van der Waals surface area contributed by atoms with Gasteiger partial charge in [0.1, 0.15) is 5.82 Å². The minimum Gasteiger partial charge on any atom is -0.370 e. The molecule has 5 nitrogen and oxygen atoms in total. The Morgan fingerprint density at radius 3 is 2.95 bits per heavy atom. The number of hydrogen-bond acceptors (Lipinski definition) is 5. The van der Waals surface area contributed by atoms with Gasteiger partial charge in [0.25, 0.3) is 5.91 Å². The summed E-state index contributed by atoms with van der Waals surface area (Å²) < 4.78 is 0. The van der Waals surface area contributed by atoms with Gasteiger partial charge in [0.15, 0.2) is 0 Å². The Morgan fingerprint density at radius 1 is 1.40 bits per heavy atom. The predicted molar refractivity (Wildman–Crippen MR) is 81.3 cm³/mol. The number of nitrogens with zero attached hydrogens (tertiary/aromatic N) is 2. The molecule has 0 aliphatic heterocycles. The summed E-state index contributed by atoms with van der Waals surface area (Å²) in [5.41, 5.74) is 0.570. The molecule has 1 unspecified atom stereocenters. The zero-order valence-corrected chi connectivity index (χ0v) is 12.4. The van der Waals surface area contributed by atoms with Crippen LogP contribution in [-0.2, 0) is 0 Å². The molecule has 2 N–H and O–H groups in total. The summed E-state index contributed by atoms with van der Waals surface area (Å²) in [5.74, 6) is 0.713. The van der Waals surface area contributed by atoms with E-state index >= 15 is 0 Å². The van der Waals surface area contributed by atoms with E-state index in [-0.39, 0.29) is 11.8 Å². The topological polar surface area (TPSA) is 66.9 Å². The second-order valence-corrected chi connectivity index (χ2v) is 5.34. The summed E-state index contributed by atoms with van der Waals surface area (Å²) in [6.45, 7) is 5.31. The molecule has 20 heavy (non-hydrogen) atoms. The van der Waals surface area contributed by atoms with Crippen molar-refractivity contribution < 1.29 is 4.79 Å². The lowest BCUT2D eigenvalue weighted by Gasteiger charge is -2.12. The van der Waals surface area contributed by atoms with Crippen LogP contribution in [0.25, 0.3) is 0 Å². The van der Waals surface area contributed by atoms with Gasteiger partial charge in [-0.25, -0.2) is 9.97 Å². The molecule has 106 valence electrons. The molecular weight excluding hydrogens is 272 g/mol. The van der Waals surface area contributed by atoms with Gasteiger partial charge < -0.3 is 10.6 Å². The van der Waals surface area contributed by atoms with Gasteiger partial charge in [-0.2, -0.15) is 0 Å². The maximum atomic E-state index is 12.2. The molecule has 0 aliphatic rings. The summed E-state index contributed by atoms with van der Waals surface area (Å²) in [7, 11) is 0. The van der Waals surface area contributed by atoms with E-state index in [1.165, 1.54) is 0 Å². The van der Waals surface area contributed by atoms with Gasteiger partial charge in [0, 0.05) is 36.8 Å². The summed E-state index contributed by atoms with van der Waals surface area (Å²) in [5, 5.41) is 9.00. The Morgan fingerprint density at radius 2 is 2.25 bits per heavy atom. The highest BCUT2D eigenvalue weighted by Gasteiger charge is 2.14. The second-order valence-electron chi connectivity index (χ2n) is 4.41. The average molecular weight is 290 g/mol. The number of carbonyl (C=O) groups is 1. The zero-order valence-electron chi connectivity index (χ0n) is 11.6. The standard InChI is InChI=1S/C14H18N4OS/c1-3-15-12-11(5-4-6-16-12)13(19)18-9-10(2)14-17-7-8-20-14/h4-8,10H,3,9H2,1-2H3,(H,15,16)(H,18,19). The van der Waals surface area contributed by atoms with Crippen LogP contribution in [-0.4, -0.2) is 29.0 Å². The highest BCUT2D eigenvalue weighted by atomic mass is 32.1. The number of hydrogen-bond donors (Lipinski definition) is 2. The predicted octanol–water partition coefficient (Wildman–Crippen LogP) is 2.50. The Kier molecular flexibility index (Phi) is 5.06. The monoisotopic (exact) mass is 290 g/mol. The summed E-state index contributed by atoms with van der Waals surface area (Å²) >= 11 is 1.60. The van der Waals surface area contributed by atoms with Gasteiger partial charge in [0.2, 0.25) is 0 Å². The highest BCUT2D eigenvalue weighted by molar-refractivity contribution is 7.09. The van der Waals surface area contributed by atoms with E-state index in [1.54, 1.807) is 35.9 Å². The molecule has 0 saturated carbocycles. The number of carbonyl (C=O) groups excluding carboxylic acids is 1. The quantitative estimate of drug-likeness (QED) is 0.858. The van der Waals surface area contributed by atoms with Crippen molar-refractivity contribution >= 4 is 23.1 Å². The summed E-state index contributed by atoms with van der Waals surface area (Å²) in [6.07, 6.45) is 3.45. The molecule has 0 bridgehead atoms. The summed E-state index contributed by atoms with van der Waals surface area (Å²) in [4.78, 5) is 20.6. The van der Waals surface area contributed by atoms with Crippen molar-refractivity contribution in [1.82, 2.24) is 15.3 Å². The molecule has 0 radical (unpaired) electrons. The maximum Gasteiger partial charge on any atom is 0.255 e. The average Bonchev–Trinajstić information content (AvgIpc) is 2.99. The van der Waals surface area contributed by atoms with Crippen LogP contribution in [0.4, 0.5) is 5.82 Å². The molecule has 1 amide bonds. The molecule has 2 heterocycles. The fourth-order valence-corrected chi connectivity index (χ4v) is 2.50. The molecule has 0 saturated heterocycles. The largest absolute Gasteiger partial charge is 0.370 e. The minimum absolute atomic E-state index is 0.113. The van der Waals surface area contributed by atoms with Crippen LogP contribution >= 0.6 is 11.3 Å². The lowest BCUT2D eigenvalue weighted by atomic mass is 10.2. The number of aromatic nitrogens is 2. The smallest absolute Gasteiger partial charge is 0.255 e. The normalized spacial score (nSPS) is 11.9. The first kappa shape index (κ1) is 14.5. The third-order valence-corrected chi connectivity index (χ3v) is 3.85. The molecule has 6 heteroatoms. The third-order valence-electron chi connectivity index (χ3n) is 2.84. The molecule has 0 aliphatic carbocycles. The van der Waals surface area contributed by atoms with Gasteiger partial charge in [-0.1, -0.05) is 6.92 Å². The minimum atomic E-state index is -0.113. The summed E-state index contributed by atoms with van der Waals surface area (Å²) in [6, 6.07) is 3.54. The molecule has 0 aromatic carbocycles. The van der Waals surface area contributed by atoms with E-state index in [0.717, 1.165) is 11.6 Å². The van der Waals surface area contributed by atoms with E-state index in [1.807, 2.05) is 19.2 Å². The molecule has 2 aromatic rings. The Bertz CT molecular complexity index is 556. The molecule has 2 aromatic heterocycles. The fraction of sp³-hybridized carbons (Fsp3) is 0.357. The van der Waals surface area contributed by atoms with Crippen molar-refractivity contribution in [3.8, 4) is 0 Å². The maximum absolute atomic E-state index is 12.2. The molecule has 2 rings (SSSR count). The third kappa shape index (κ3) is 3.54. The van der Waals surface area contributed by atoms with Crippen LogP contribution in [0.15, 0.2) is 29.9 Å². The Balaban J connectivity index is 1.98. The van der Waals surface area contributed by atoms with Crippen molar-refractivity contribution in [3.05, 3.63) is 40.5 Å². The first-order valence-corrected chi connectivity index (χ1v) is 7.46. The number of pyridine rings is 1. The van der Waals surface area contributed by atoms with Crippen molar-refractivity contribution in [2.24, 2.45) is 0 Å². The van der Waals surface area contributed by atoms with Crippen molar-refractivity contribution in [2.75, 3.05) is 18.4 Å². The van der Waals surface area contributed by atoms with Gasteiger partial charge in [-0.05, 0) is 19.1 Å². The van der Waals surface area contributed by atoms with Crippen LogP contribution in [0.2, 0.25) is 0 Å². The molecular formula is C14H18N4OS. The fourth-order valence-electron chi connectivity index (χ4n) is 1.80. The van der Waals surface area contributed by atoms with Crippen LogP contribution in [0.3, 0.4) is 0 Å². The molecule has 1 atom stereocenters. The zero-order chi connectivity index (χ0) is 14.4. The van der Waals surface area contributed by atoms with Gasteiger partial charge in [-0.15, -0.1) is 11.3 Å². The number of rotatable bonds is 6. The number of amides is 1. The molecule has 0 fully saturated rings. The van der Waals surface area contributed by atoms with E-state index in [2.05, 4.69) is 20.6 Å². The number of nitrogens with one attached hydrogen (secondary N) is 2. The van der Waals surface area contributed by atoms with Crippen molar-refractivity contribution in [1.29, 1.82) is 0 Å². The van der Waals surface area contributed by atoms with Crippen LogP contribution < -0.4 is 10.6 Å². The van der Waals surface area contributed by atoms with Gasteiger partial charge in [-0.3, -0.25) is 4.79 Å². The highest BCUT2D eigenvalue weighted by Crippen LogP contribution is 2.17. The van der Waals surface area contributed by atoms with E-state index < -0.39 is 0 Å². The van der Waals surface area contributed by atoms with Crippen molar-refractivity contribution in [2.45, 2.75) is 19.8 Å². The number of anilines is 1. The number of thiazole rings is 1. The van der Waals surface area contributed by atoms with Gasteiger partial charge in [0.05, 0.1) is 10.6 Å². The van der Waals surface area contributed by atoms with E-state index in [4.69, 9.17) is 0 Å². The van der Waals surface area contributed by atoms with Crippen LogP contribution in [0.1, 0.15) is 35.1 Å². The second kappa shape index (κ2) is 7.00. The lowest BCUT2D eigenvalue weighted by molar-refractivity contribution is 0.0952. The SMILES string of the molecule is CCNc1ncccc1C(=O)NCC(C)c1nccs1. The van der Waals surface area contributed by atoms with Crippen LogP contribution in [0, 0.1) is 0 Å². The van der Waals surface area contributed by atoms with Crippen molar-refractivity contribution in [3.63, 3.8) is 0 Å². The Labute approximate surface area is 122 Å². The molecule has 0 spiro atoms. The van der Waals surface area contributed by atoms with E-state index in [9.17, 15) is 4.79 Å². The Hall–Kier alpha value is -1.95. The lowest BCUT2D eigenvalue weighted by Crippen LogP contribution is -2.28. The van der Waals surface area contributed by atoms with Crippen LogP contribution in [0.5, 0.6) is 0 Å². The first-order chi connectivity index (χ1) is 9.72. The van der Waals surface area contributed by atoms with E-state index in [0.29, 0.717) is 17.9 Å². The first-order valence-electron chi connectivity index (χ1n) is 6.58.